The zero-order valence-electron chi connectivity index (χ0n) is 23.6. The first-order valence-electron chi connectivity index (χ1n) is 14.0. The van der Waals surface area contributed by atoms with Gasteiger partial charge in [0.1, 0.15) is 13.2 Å². The van der Waals surface area contributed by atoms with Gasteiger partial charge in [0.05, 0.1) is 99.1 Å². The van der Waals surface area contributed by atoms with Crippen LogP contribution < -0.4 is 0 Å². The summed E-state index contributed by atoms with van der Waals surface area (Å²) in [5, 5.41) is 0. The van der Waals surface area contributed by atoms with Gasteiger partial charge in [0.25, 0.3) is 0 Å². The Kier molecular flexibility index (Phi) is 32.6. The van der Waals surface area contributed by atoms with Crippen molar-refractivity contribution in [2.45, 2.75) is 51.9 Å². The summed E-state index contributed by atoms with van der Waals surface area (Å²) in [6, 6.07) is 0. The molecular formula is C28H52O10. The lowest BCUT2D eigenvalue weighted by Gasteiger charge is -2.09. The summed E-state index contributed by atoms with van der Waals surface area (Å²) < 4.78 is 48.1. The van der Waals surface area contributed by atoms with Gasteiger partial charge in [0.2, 0.25) is 0 Å². The molecule has 0 amide bonds. The lowest BCUT2D eigenvalue weighted by molar-refractivity contribution is -0.145. The van der Waals surface area contributed by atoms with E-state index in [-0.39, 0.29) is 12.6 Å². The maximum absolute atomic E-state index is 11.6. The number of terminal acetylenes is 1. The third-order valence-corrected chi connectivity index (χ3v) is 5.01. The summed E-state index contributed by atoms with van der Waals surface area (Å²) in [5.41, 5.74) is 0. The van der Waals surface area contributed by atoms with Gasteiger partial charge < -0.3 is 42.6 Å². The Balaban J connectivity index is 3.09. The van der Waals surface area contributed by atoms with Gasteiger partial charge >= 0.3 is 5.97 Å². The molecule has 0 aromatic rings. The fourth-order valence-electron chi connectivity index (χ4n) is 3.01. The monoisotopic (exact) mass is 548 g/mol. The largest absolute Gasteiger partial charge is 0.463 e. The minimum atomic E-state index is -0.142. The van der Waals surface area contributed by atoms with Crippen molar-refractivity contribution < 1.29 is 47.4 Å². The molecule has 0 aliphatic heterocycles. The summed E-state index contributed by atoms with van der Waals surface area (Å²) in [4.78, 5) is 11.6. The van der Waals surface area contributed by atoms with Gasteiger partial charge in [0.15, 0.2) is 0 Å². The molecule has 38 heavy (non-hydrogen) atoms. The smallest absolute Gasteiger partial charge is 0.305 e. The van der Waals surface area contributed by atoms with Gasteiger partial charge in [-0.3, -0.25) is 4.79 Å². The van der Waals surface area contributed by atoms with Gasteiger partial charge in [0, 0.05) is 6.42 Å². The Hall–Kier alpha value is -1.29. The summed E-state index contributed by atoms with van der Waals surface area (Å²) in [6.07, 6.45) is 12.5. The van der Waals surface area contributed by atoms with Crippen LogP contribution in [-0.4, -0.2) is 118 Å². The van der Waals surface area contributed by atoms with Crippen LogP contribution in [0.1, 0.15) is 51.9 Å². The molecule has 10 nitrogen and oxygen atoms in total. The molecule has 0 bridgehead atoms. The van der Waals surface area contributed by atoms with Crippen molar-refractivity contribution in [1.29, 1.82) is 0 Å². The van der Waals surface area contributed by atoms with Crippen LogP contribution in [0.5, 0.6) is 0 Å². The maximum Gasteiger partial charge on any atom is 0.305 e. The predicted molar refractivity (Wildman–Crippen MR) is 144 cm³/mol. The summed E-state index contributed by atoms with van der Waals surface area (Å²) in [5.74, 6) is 2.25. The Morgan fingerprint density at radius 3 is 1.24 bits per heavy atom. The number of hydrogen-bond donors (Lipinski definition) is 0. The van der Waals surface area contributed by atoms with E-state index in [9.17, 15) is 4.79 Å². The number of carbonyl (C=O) groups excluding carboxylic acids is 1. The van der Waals surface area contributed by atoms with Gasteiger partial charge in [-0.05, 0) is 6.42 Å². The molecule has 0 heterocycles. The molecule has 0 atom stereocenters. The Bertz CT molecular complexity index is 512. The minimum Gasteiger partial charge on any atom is -0.463 e. The average molecular weight is 549 g/mol. The molecule has 224 valence electrons. The topological polar surface area (TPSA) is 100 Å². The zero-order chi connectivity index (χ0) is 27.6. The maximum atomic E-state index is 11.6. The second kappa shape index (κ2) is 33.7. The number of rotatable bonds is 32. The van der Waals surface area contributed by atoms with Gasteiger partial charge in [-0.25, -0.2) is 0 Å². The van der Waals surface area contributed by atoms with Crippen LogP contribution in [0.15, 0.2) is 0 Å². The second-order valence-electron chi connectivity index (χ2n) is 8.28. The second-order valence-corrected chi connectivity index (χ2v) is 8.28. The van der Waals surface area contributed by atoms with E-state index in [1.807, 2.05) is 0 Å². The normalized spacial score (nSPS) is 11.1. The highest BCUT2D eigenvalue weighted by Crippen LogP contribution is 2.07. The highest BCUT2D eigenvalue weighted by molar-refractivity contribution is 5.69. The first kappa shape index (κ1) is 36.7. The number of carbonyl (C=O) groups is 1. The van der Waals surface area contributed by atoms with Crippen LogP contribution >= 0.6 is 0 Å². The lowest BCUT2D eigenvalue weighted by Crippen LogP contribution is -2.15. The Morgan fingerprint density at radius 2 is 0.842 bits per heavy atom. The molecule has 0 fully saturated rings. The molecule has 0 unspecified atom stereocenters. The van der Waals surface area contributed by atoms with Gasteiger partial charge in [-0.1, -0.05) is 44.9 Å². The van der Waals surface area contributed by atoms with E-state index in [2.05, 4.69) is 12.8 Å². The molecule has 0 N–H and O–H groups in total. The predicted octanol–water partition coefficient (Wildman–Crippen LogP) is 3.05. The van der Waals surface area contributed by atoms with Crippen molar-refractivity contribution in [1.82, 2.24) is 0 Å². The van der Waals surface area contributed by atoms with Crippen LogP contribution in [-0.2, 0) is 47.4 Å². The fraction of sp³-hybridized carbons (Fsp3) is 0.893. The number of esters is 1. The van der Waals surface area contributed by atoms with E-state index in [0.717, 1.165) is 12.8 Å². The van der Waals surface area contributed by atoms with Crippen LogP contribution in [0.25, 0.3) is 0 Å². The first-order chi connectivity index (χ1) is 18.8. The zero-order valence-corrected chi connectivity index (χ0v) is 23.6. The van der Waals surface area contributed by atoms with E-state index in [1.165, 1.54) is 25.7 Å². The van der Waals surface area contributed by atoms with Gasteiger partial charge in [-0.2, -0.15) is 0 Å². The Morgan fingerprint density at radius 1 is 0.500 bits per heavy atom. The van der Waals surface area contributed by atoms with E-state index in [1.54, 1.807) is 0 Å². The highest BCUT2D eigenvalue weighted by Gasteiger charge is 2.02. The van der Waals surface area contributed by atoms with E-state index >= 15 is 0 Å². The standard InChI is InChI=1S/C28H52O10/c1-3-5-6-7-8-9-10-28(29)38-27-26-37-25-24-36-23-22-35-21-20-34-19-18-33-17-16-32-15-14-31-13-12-30-11-4-2/h2H,3,5-27H2,1H3. The van der Waals surface area contributed by atoms with E-state index in [0.29, 0.717) is 112 Å². The number of hydrogen-bond acceptors (Lipinski definition) is 10. The fourth-order valence-corrected chi connectivity index (χ4v) is 3.01. The summed E-state index contributed by atoms with van der Waals surface area (Å²) in [6.45, 7) is 10.2. The van der Waals surface area contributed by atoms with E-state index in [4.69, 9.17) is 49.1 Å². The van der Waals surface area contributed by atoms with Crippen molar-refractivity contribution >= 4 is 5.97 Å². The Labute approximate surface area is 230 Å². The molecule has 0 spiro atoms. The quantitative estimate of drug-likeness (QED) is 0.0708. The van der Waals surface area contributed by atoms with Gasteiger partial charge in [-0.15, -0.1) is 6.42 Å². The molecule has 0 aromatic carbocycles. The summed E-state index contributed by atoms with van der Waals surface area (Å²) in [7, 11) is 0. The molecule has 0 radical (unpaired) electrons. The molecule has 0 aliphatic rings. The van der Waals surface area contributed by atoms with Crippen molar-refractivity contribution in [2.24, 2.45) is 0 Å². The lowest BCUT2D eigenvalue weighted by atomic mass is 10.1. The minimum absolute atomic E-state index is 0.142. The van der Waals surface area contributed by atoms with Crippen molar-refractivity contribution in [2.75, 3.05) is 112 Å². The highest BCUT2D eigenvalue weighted by atomic mass is 16.6. The number of unbranched alkanes of at least 4 members (excludes halogenated alkanes) is 5. The molecule has 10 heteroatoms. The van der Waals surface area contributed by atoms with E-state index < -0.39 is 0 Å². The number of ether oxygens (including phenoxy) is 9. The molecule has 0 saturated heterocycles. The van der Waals surface area contributed by atoms with Crippen molar-refractivity contribution in [3.63, 3.8) is 0 Å². The SMILES string of the molecule is C#CCOCCOCCOCCOCCOCCOCCOCCOCCOC(=O)CCCCCCCC. The van der Waals surface area contributed by atoms with Crippen LogP contribution in [0, 0.1) is 12.3 Å². The van der Waals surface area contributed by atoms with Crippen LogP contribution in [0.4, 0.5) is 0 Å². The summed E-state index contributed by atoms with van der Waals surface area (Å²) >= 11 is 0. The first-order valence-corrected chi connectivity index (χ1v) is 14.0. The van der Waals surface area contributed by atoms with Crippen LogP contribution in [0.2, 0.25) is 0 Å². The average Bonchev–Trinajstić information content (AvgIpc) is 2.92. The van der Waals surface area contributed by atoms with Crippen molar-refractivity contribution in [3.05, 3.63) is 0 Å². The van der Waals surface area contributed by atoms with Crippen molar-refractivity contribution in [3.8, 4) is 12.3 Å². The third-order valence-electron chi connectivity index (χ3n) is 5.01. The molecular weight excluding hydrogens is 496 g/mol. The van der Waals surface area contributed by atoms with Crippen LogP contribution in [0.3, 0.4) is 0 Å². The third kappa shape index (κ3) is 32.7. The molecule has 0 saturated carbocycles. The molecule has 0 aliphatic carbocycles. The molecule has 0 rings (SSSR count). The molecule has 0 aromatic heterocycles.